The summed E-state index contributed by atoms with van der Waals surface area (Å²) in [6, 6.07) is 4.53. The highest BCUT2D eigenvalue weighted by Crippen LogP contribution is 2.34. The van der Waals surface area contributed by atoms with Crippen molar-refractivity contribution in [3.05, 3.63) is 35.3 Å². The Hall–Kier alpha value is -2.50. The van der Waals surface area contributed by atoms with Crippen molar-refractivity contribution >= 4 is 28.4 Å². The Bertz CT molecular complexity index is 824. The number of nitrogens with zero attached hydrogens (tertiary/aromatic N) is 2. The van der Waals surface area contributed by atoms with Gasteiger partial charge in [0.2, 0.25) is 0 Å². The molecule has 0 spiro atoms. The molecule has 6 heteroatoms. The van der Waals surface area contributed by atoms with Crippen molar-refractivity contribution in [3.8, 4) is 0 Å². The predicted octanol–water partition coefficient (Wildman–Crippen LogP) is 2.81. The summed E-state index contributed by atoms with van der Waals surface area (Å²) in [5.41, 5.74) is -0.283. The minimum Gasteiger partial charge on any atom is -0.365 e. The maximum absolute atomic E-state index is 14.3. The van der Waals surface area contributed by atoms with E-state index in [1.54, 1.807) is 12.1 Å². The largest absolute Gasteiger partial charge is 0.365 e. The van der Waals surface area contributed by atoms with Crippen molar-refractivity contribution in [1.82, 2.24) is 9.88 Å². The van der Waals surface area contributed by atoms with Crippen LogP contribution in [0.4, 0.5) is 10.2 Å². The maximum Gasteiger partial charge on any atom is 0.280 e. The van der Waals surface area contributed by atoms with Gasteiger partial charge in [0.25, 0.3) is 11.8 Å². The number of amides is 2. The van der Waals surface area contributed by atoms with Gasteiger partial charge in [0.05, 0.1) is 5.56 Å². The molecule has 114 valence electrons. The van der Waals surface area contributed by atoms with Gasteiger partial charge >= 0.3 is 0 Å². The lowest BCUT2D eigenvalue weighted by Crippen LogP contribution is -2.27. The highest BCUT2D eigenvalue weighted by atomic mass is 19.1. The molecule has 3 rings (SSSR count). The highest BCUT2D eigenvalue weighted by molar-refractivity contribution is 6.26. The summed E-state index contributed by atoms with van der Waals surface area (Å²) in [5.74, 6) is -1.17. The van der Waals surface area contributed by atoms with Gasteiger partial charge in [-0.15, -0.1) is 0 Å². The van der Waals surface area contributed by atoms with E-state index in [0.29, 0.717) is 11.2 Å². The lowest BCUT2D eigenvalue weighted by Gasteiger charge is -2.23. The molecule has 1 N–H and O–H groups in total. The molecule has 1 aromatic heterocycles. The van der Waals surface area contributed by atoms with Crippen LogP contribution in [0, 0.1) is 5.82 Å². The zero-order chi connectivity index (χ0) is 16.2. The van der Waals surface area contributed by atoms with Crippen molar-refractivity contribution < 1.29 is 14.0 Å². The summed E-state index contributed by atoms with van der Waals surface area (Å²) >= 11 is 0. The topological polar surface area (TPSA) is 62.3 Å². The molecule has 0 fully saturated rings. The number of carbonyl (C=O) groups excluding carboxylic acids is 2. The minimum atomic E-state index is -0.537. The molecule has 0 atom stereocenters. The van der Waals surface area contributed by atoms with Crippen LogP contribution >= 0.6 is 0 Å². The molecule has 5 nitrogen and oxygen atoms in total. The number of aromatic nitrogens is 1. The summed E-state index contributed by atoms with van der Waals surface area (Å²) < 4.78 is 14.3. The van der Waals surface area contributed by atoms with Gasteiger partial charge in [-0.1, -0.05) is 12.1 Å². The molecule has 1 aliphatic rings. The van der Waals surface area contributed by atoms with Crippen LogP contribution in [-0.4, -0.2) is 34.3 Å². The summed E-state index contributed by atoms with van der Waals surface area (Å²) in [5, 5.41) is 3.80. The molecule has 2 aromatic rings. The van der Waals surface area contributed by atoms with Crippen LogP contribution < -0.4 is 5.32 Å². The van der Waals surface area contributed by atoms with Crippen molar-refractivity contribution in [1.29, 1.82) is 0 Å². The van der Waals surface area contributed by atoms with E-state index in [0.717, 1.165) is 4.90 Å². The van der Waals surface area contributed by atoms with E-state index in [1.807, 2.05) is 20.8 Å². The molecule has 0 unspecified atom stereocenters. The van der Waals surface area contributed by atoms with Gasteiger partial charge in [0.1, 0.15) is 17.3 Å². The Morgan fingerprint density at radius 2 is 1.86 bits per heavy atom. The Morgan fingerprint density at radius 1 is 1.18 bits per heavy atom. The van der Waals surface area contributed by atoms with Crippen LogP contribution in [0.1, 0.15) is 41.6 Å². The fourth-order valence-electron chi connectivity index (χ4n) is 2.55. The number of hydrogen-bond acceptors (Lipinski definition) is 4. The minimum absolute atomic E-state index is 0.00292. The average molecular weight is 301 g/mol. The molecular weight excluding hydrogens is 285 g/mol. The number of nitrogens with one attached hydrogen (secondary N) is 1. The number of imide groups is 1. The van der Waals surface area contributed by atoms with E-state index >= 15 is 0 Å². The molecule has 0 saturated carbocycles. The first-order valence-corrected chi connectivity index (χ1v) is 6.93. The van der Waals surface area contributed by atoms with Gasteiger partial charge in [-0.2, -0.15) is 0 Å². The summed E-state index contributed by atoms with van der Waals surface area (Å²) in [4.78, 5) is 29.7. The second-order valence-corrected chi connectivity index (χ2v) is 6.39. The summed E-state index contributed by atoms with van der Waals surface area (Å²) in [6.45, 7) is 5.81. The first kappa shape index (κ1) is 14.4. The van der Waals surface area contributed by atoms with E-state index in [-0.39, 0.29) is 22.2 Å². The summed E-state index contributed by atoms with van der Waals surface area (Å²) in [7, 11) is 1.37. The lowest BCUT2D eigenvalue weighted by molar-refractivity contribution is 0.0691. The van der Waals surface area contributed by atoms with Crippen molar-refractivity contribution in [2.45, 2.75) is 26.3 Å². The zero-order valence-electron chi connectivity index (χ0n) is 12.8. The van der Waals surface area contributed by atoms with E-state index in [9.17, 15) is 14.0 Å². The van der Waals surface area contributed by atoms with Crippen molar-refractivity contribution in [2.75, 3.05) is 12.4 Å². The van der Waals surface area contributed by atoms with E-state index in [4.69, 9.17) is 0 Å². The van der Waals surface area contributed by atoms with Crippen LogP contribution in [0.3, 0.4) is 0 Å². The lowest BCUT2D eigenvalue weighted by atomic mass is 10.0. The molecule has 1 aliphatic heterocycles. The summed E-state index contributed by atoms with van der Waals surface area (Å²) in [6.07, 6.45) is 0. The van der Waals surface area contributed by atoms with Crippen molar-refractivity contribution in [2.24, 2.45) is 0 Å². The molecule has 0 bridgehead atoms. The molecule has 0 saturated heterocycles. The Morgan fingerprint density at radius 3 is 2.50 bits per heavy atom. The van der Waals surface area contributed by atoms with Gasteiger partial charge in [-0.05, 0) is 26.8 Å². The number of rotatable bonds is 1. The normalized spacial score (nSPS) is 14.7. The van der Waals surface area contributed by atoms with Crippen LogP contribution in [0.5, 0.6) is 0 Å². The third-order valence-corrected chi connectivity index (χ3v) is 3.50. The van der Waals surface area contributed by atoms with Crippen LogP contribution in [-0.2, 0) is 0 Å². The van der Waals surface area contributed by atoms with E-state index in [2.05, 4.69) is 10.3 Å². The second-order valence-electron chi connectivity index (χ2n) is 6.39. The average Bonchev–Trinajstić information content (AvgIpc) is 2.63. The Balaban J connectivity index is 2.40. The third kappa shape index (κ3) is 2.03. The number of hydrogen-bond donors (Lipinski definition) is 1. The first-order chi connectivity index (χ1) is 10.2. The fraction of sp³-hybridized carbons (Fsp3) is 0.312. The number of halogens is 1. The van der Waals surface area contributed by atoms with Crippen molar-refractivity contribution in [3.63, 3.8) is 0 Å². The first-order valence-electron chi connectivity index (χ1n) is 6.93. The molecule has 0 aliphatic carbocycles. The molecule has 22 heavy (non-hydrogen) atoms. The van der Waals surface area contributed by atoms with E-state index in [1.165, 1.54) is 13.1 Å². The highest BCUT2D eigenvalue weighted by Gasteiger charge is 2.38. The number of pyridine rings is 1. The van der Waals surface area contributed by atoms with Crippen LogP contribution in [0.15, 0.2) is 18.2 Å². The molecule has 1 aromatic carbocycles. The molecular formula is C16H16FN3O2. The van der Waals surface area contributed by atoms with Gasteiger partial charge < -0.3 is 5.32 Å². The van der Waals surface area contributed by atoms with E-state index < -0.39 is 17.6 Å². The third-order valence-electron chi connectivity index (χ3n) is 3.50. The smallest absolute Gasteiger partial charge is 0.280 e. The van der Waals surface area contributed by atoms with Crippen LogP contribution in [0.2, 0.25) is 0 Å². The fourth-order valence-corrected chi connectivity index (χ4v) is 2.55. The van der Waals surface area contributed by atoms with Gasteiger partial charge in [-0.3, -0.25) is 14.5 Å². The number of anilines is 1. The predicted molar refractivity (Wildman–Crippen MR) is 81.5 cm³/mol. The number of benzene rings is 1. The molecule has 2 amide bonds. The molecule has 0 radical (unpaired) electrons. The number of carbonyl (C=O) groups is 2. The second kappa shape index (κ2) is 4.50. The molecule has 2 heterocycles. The zero-order valence-corrected chi connectivity index (χ0v) is 12.8. The maximum atomic E-state index is 14.3. The van der Waals surface area contributed by atoms with Crippen LogP contribution in [0.25, 0.3) is 10.8 Å². The Labute approximate surface area is 127 Å². The van der Waals surface area contributed by atoms with Gasteiger partial charge in [0.15, 0.2) is 0 Å². The quantitative estimate of drug-likeness (QED) is 0.823. The number of fused-ring (bicyclic) bond motifs is 3. The Kier molecular flexibility index (Phi) is 2.95. The SMILES string of the molecule is CN1C(=O)c2nc(NC(C)(C)C)c3cccc(F)c3c2C1=O. The van der Waals surface area contributed by atoms with Gasteiger partial charge in [0, 0.05) is 23.4 Å². The van der Waals surface area contributed by atoms with Gasteiger partial charge in [-0.25, -0.2) is 9.37 Å². The monoisotopic (exact) mass is 301 g/mol. The standard InChI is InChI=1S/C16H16FN3O2/c1-16(2,3)19-13-8-6-5-7-9(17)10(8)11-12(18-13)15(22)20(4)14(11)21/h5-7H,1-4H3,(H,18,19).